The minimum Gasteiger partial charge on any atom is -0.380 e. The molecular formula is C28H36F2N8O3. The topological polar surface area (TPSA) is 128 Å². The fraction of sp³-hybridized carbons (Fsp3) is 0.643. The molecule has 3 atom stereocenters. The molecule has 3 fully saturated rings. The van der Waals surface area contributed by atoms with Gasteiger partial charge in [-0.3, -0.25) is 14.3 Å². The number of alkyl halides is 2. The lowest BCUT2D eigenvalue weighted by atomic mass is 9.82. The molecule has 41 heavy (non-hydrogen) atoms. The number of aryl methyl sites for hydroxylation is 1. The quantitative estimate of drug-likeness (QED) is 0.447. The van der Waals surface area contributed by atoms with Crippen molar-refractivity contribution in [3.05, 3.63) is 41.2 Å². The Labute approximate surface area is 236 Å². The third-order valence-electron chi connectivity index (χ3n) is 8.76. The van der Waals surface area contributed by atoms with Gasteiger partial charge >= 0.3 is 0 Å². The molecule has 6 rings (SSSR count). The largest absolute Gasteiger partial charge is 0.380 e. The van der Waals surface area contributed by atoms with Gasteiger partial charge in [-0.05, 0) is 37.7 Å². The second kappa shape index (κ2) is 11.4. The first-order valence-electron chi connectivity index (χ1n) is 14.6. The van der Waals surface area contributed by atoms with Crippen molar-refractivity contribution in [2.75, 3.05) is 19.8 Å². The summed E-state index contributed by atoms with van der Waals surface area (Å²) in [6, 6.07) is 1.25. The van der Waals surface area contributed by atoms with Gasteiger partial charge in [-0.2, -0.15) is 10.2 Å². The zero-order valence-electron chi connectivity index (χ0n) is 23.2. The van der Waals surface area contributed by atoms with E-state index < -0.39 is 24.3 Å². The Kier molecular flexibility index (Phi) is 7.71. The number of amides is 2. The Balaban J connectivity index is 1.39. The maximum Gasteiger partial charge on any atom is 0.270 e. The molecule has 0 aromatic carbocycles. The van der Waals surface area contributed by atoms with E-state index >= 15 is 8.78 Å². The number of aromatic nitrogens is 6. The molecule has 220 valence electrons. The number of halogens is 2. The number of hydrogen-bond acceptors (Lipinski definition) is 7. The smallest absolute Gasteiger partial charge is 0.270 e. The first kappa shape index (κ1) is 27.7. The molecule has 1 aliphatic carbocycles. The summed E-state index contributed by atoms with van der Waals surface area (Å²) >= 11 is 0. The van der Waals surface area contributed by atoms with Crippen molar-refractivity contribution in [1.29, 1.82) is 0 Å². The van der Waals surface area contributed by atoms with Crippen LogP contribution in [-0.4, -0.2) is 66.9 Å². The van der Waals surface area contributed by atoms with Crippen LogP contribution in [0.1, 0.15) is 90.9 Å². The first-order chi connectivity index (χ1) is 19.8. The number of hydrogen-bond donors (Lipinski definition) is 2. The van der Waals surface area contributed by atoms with E-state index in [1.54, 1.807) is 25.5 Å². The van der Waals surface area contributed by atoms with Crippen LogP contribution in [0.25, 0.3) is 5.78 Å². The second-order valence-electron chi connectivity index (χ2n) is 11.5. The highest BCUT2D eigenvalue weighted by Gasteiger charge is 2.46. The van der Waals surface area contributed by atoms with Crippen LogP contribution in [0.5, 0.6) is 0 Å². The van der Waals surface area contributed by atoms with E-state index in [1.165, 1.54) is 9.20 Å². The van der Waals surface area contributed by atoms with Crippen LogP contribution < -0.4 is 10.6 Å². The molecule has 0 radical (unpaired) electrons. The lowest BCUT2D eigenvalue weighted by molar-refractivity contribution is -0.126. The summed E-state index contributed by atoms with van der Waals surface area (Å²) in [5, 5.41) is 14.9. The zero-order chi connectivity index (χ0) is 28.6. The van der Waals surface area contributed by atoms with E-state index in [9.17, 15) is 9.59 Å². The van der Waals surface area contributed by atoms with E-state index in [2.05, 4.69) is 20.7 Å². The fourth-order valence-corrected chi connectivity index (χ4v) is 6.42. The Hall–Kier alpha value is -3.48. The van der Waals surface area contributed by atoms with Crippen LogP contribution >= 0.6 is 0 Å². The molecule has 3 unspecified atom stereocenters. The molecule has 3 aromatic heterocycles. The fourth-order valence-electron chi connectivity index (χ4n) is 6.42. The molecule has 5 heterocycles. The van der Waals surface area contributed by atoms with Crippen molar-refractivity contribution in [2.24, 2.45) is 18.9 Å². The number of rotatable bonds is 7. The summed E-state index contributed by atoms with van der Waals surface area (Å²) in [4.78, 5) is 35.2. The van der Waals surface area contributed by atoms with Crippen molar-refractivity contribution in [3.8, 4) is 0 Å². The Morgan fingerprint density at radius 1 is 1.22 bits per heavy atom. The molecule has 2 amide bonds. The molecule has 0 bridgehead atoms. The Morgan fingerprint density at radius 2 is 2.05 bits per heavy atom. The highest BCUT2D eigenvalue weighted by atomic mass is 19.3. The maximum absolute atomic E-state index is 15.2. The number of nitrogens with one attached hydrogen (secondary N) is 2. The number of imidazole rings is 1. The summed E-state index contributed by atoms with van der Waals surface area (Å²) in [5.74, 6) is -4.70. The van der Waals surface area contributed by atoms with Crippen LogP contribution in [0, 0.1) is 11.8 Å². The SMILES string of the molecule is Cn1nccc1C(=O)NC(c1cn2nc(CC3CCCNC3=O)c(C3COCCC3(F)F)nc2n1)C1CCCCC1. The number of ether oxygens (including phenoxy) is 1. The summed E-state index contributed by atoms with van der Waals surface area (Å²) in [5.41, 5.74) is 1.50. The molecule has 2 aliphatic heterocycles. The normalized spacial score (nSPS) is 24.2. The van der Waals surface area contributed by atoms with Gasteiger partial charge in [0.15, 0.2) is 0 Å². The summed E-state index contributed by atoms with van der Waals surface area (Å²) in [7, 11) is 1.71. The van der Waals surface area contributed by atoms with Crippen molar-refractivity contribution in [1.82, 2.24) is 40.0 Å². The third-order valence-corrected chi connectivity index (χ3v) is 8.76. The van der Waals surface area contributed by atoms with Crippen LogP contribution in [0.2, 0.25) is 0 Å². The number of carbonyl (C=O) groups excluding carboxylic acids is 2. The average Bonchev–Trinajstić information content (AvgIpc) is 3.58. The Bertz CT molecular complexity index is 1420. The molecule has 3 aromatic rings. The lowest BCUT2D eigenvalue weighted by Crippen LogP contribution is -2.39. The van der Waals surface area contributed by atoms with Gasteiger partial charge in [0.1, 0.15) is 5.69 Å². The monoisotopic (exact) mass is 570 g/mol. The molecule has 11 nitrogen and oxygen atoms in total. The van der Waals surface area contributed by atoms with Gasteiger partial charge in [0, 0.05) is 38.5 Å². The third kappa shape index (κ3) is 5.68. The molecule has 2 N–H and O–H groups in total. The van der Waals surface area contributed by atoms with E-state index in [0.717, 1.165) is 38.5 Å². The molecule has 0 spiro atoms. The van der Waals surface area contributed by atoms with Crippen LogP contribution in [0.4, 0.5) is 8.78 Å². The van der Waals surface area contributed by atoms with Gasteiger partial charge in [0.2, 0.25) is 5.91 Å². The highest BCUT2D eigenvalue weighted by Crippen LogP contribution is 2.40. The van der Waals surface area contributed by atoms with Crippen molar-refractivity contribution >= 4 is 17.6 Å². The van der Waals surface area contributed by atoms with E-state index in [-0.39, 0.29) is 54.8 Å². The number of fused-ring (bicyclic) bond motifs is 1. The number of nitrogens with zero attached hydrogens (tertiary/aromatic N) is 6. The summed E-state index contributed by atoms with van der Waals surface area (Å²) in [6.45, 7) is 0.409. The van der Waals surface area contributed by atoms with Gasteiger partial charge in [-0.1, -0.05) is 19.3 Å². The van der Waals surface area contributed by atoms with Crippen molar-refractivity contribution in [3.63, 3.8) is 0 Å². The molecule has 13 heteroatoms. The van der Waals surface area contributed by atoms with Gasteiger partial charge in [0.05, 0.1) is 48.5 Å². The maximum atomic E-state index is 15.2. The Morgan fingerprint density at radius 3 is 2.78 bits per heavy atom. The van der Waals surface area contributed by atoms with E-state index in [0.29, 0.717) is 30.0 Å². The zero-order valence-corrected chi connectivity index (χ0v) is 23.2. The lowest BCUT2D eigenvalue weighted by Gasteiger charge is -2.32. The minimum absolute atomic E-state index is 0.0213. The van der Waals surface area contributed by atoms with Gasteiger partial charge in [0.25, 0.3) is 17.6 Å². The van der Waals surface area contributed by atoms with Crippen molar-refractivity contribution in [2.45, 2.75) is 75.7 Å². The standard InChI is InChI=1S/C28H36F2N8O3/c1-37-22(9-12-32-37)26(40)34-23(17-6-3-2-4-7-17)21-15-38-27(33-21)35-24(19-16-41-13-10-28(19,29)30)20(36-38)14-18-8-5-11-31-25(18)39/h9,12,15,17-19,23H,2-8,10-11,13-14,16H2,1H3,(H,31,39)(H,34,40). The molecule has 2 saturated heterocycles. The highest BCUT2D eigenvalue weighted by molar-refractivity contribution is 5.92. The predicted octanol–water partition coefficient (Wildman–Crippen LogP) is 3.12. The van der Waals surface area contributed by atoms with E-state index in [4.69, 9.17) is 14.8 Å². The predicted molar refractivity (Wildman–Crippen MR) is 143 cm³/mol. The summed E-state index contributed by atoms with van der Waals surface area (Å²) in [6.07, 6.45) is 9.70. The van der Waals surface area contributed by atoms with Crippen LogP contribution in [0.3, 0.4) is 0 Å². The number of carbonyl (C=O) groups is 2. The van der Waals surface area contributed by atoms with Gasteiger partial charge in [-0.25, -0.2) is 23.3 Å². The average molecular weight is 571 g/mol. The van der Waals surface area contributed by atoms with Crippen LogP contribution in [-0.2, 0) is 23.0 Å². The minimum atomic E-state index is -3.02. The van der Waals surface area contributed by atoms with E-state index in [1.807, 2.05) is 0 Å². The van der Waals surface area contributed by atoms with Gasteiger partial charge < -0.3 is 15.4 Å². The van der Waals surface area contributed by atoms with Gasteiger partial charge in [-0.15, -0.1) is 0 Å². The molecule has 1 saturated carbocycles. The number of piperidine rings is 1. The second-order valence-corrected chi connectivity index (χ2v) is 11.5. The molecular weight excluding hydrogens is 534 g/mol. The first-order valence-corrected chi connectivity index (χ1v) is 14.6. The van der Waals surface area contributed by atoms with Crippen molar-refractivity contribution < 1.29 is 23.1 Å². The summed E-state index contributed by atoms with van der Waals surface area (Å²) < 4.78 is 38.8. The van der Waals surface area contributed by atoms with Crippen LogP contribution in [0.15, 0.2) is 18.5 Å². The molecule has 3 aliphatic rings.